The topological polar surface area (TPSA) is 78.2 Å². The van der Waals surface area contributed by atoms with Crippen molar-refractivity contribution in [2.24, 2.45) is 0 Å². The Balaban J connectivity index is 1.73. The van der Waals surface area contributed by atoms with Gasteiger partial charge in [0.25, 0.3) is 5.91 Å². The predicted molar refractivity (Wildman–Crippen MR) is 104 cm³/mol. The lowest BCUT2D eigenvalue weighted by Gasteiger charge is -2.36. The molecule has 1 aliphatic rings. The summed E-state index contributed by atoms with van der Waals surface area (Å²) in [5, 5.41) is 0.785. The quantitative estimate of drug-likeness (QED) is 0.730. The molecule has 1 amide bonds. The van der Waals surface area contributed by atoms with Crippen LogP contribution in [0.4, 0.5) is 0 Å². The summed E-state index contributed by atoms with van der Waals surface area (Å²) in [7, 11) is 0. The number of fused-ring (bicyclic) bond motifs is 1. The molecule has 1 aromatic heterocycles. The van der Waals surface area contributed by atoms with Crippen molar-refractivity contribution in [1.29, 1.82) is 0 Å². The summed E-state index contributed by atoms with van der Waals surface area (Å²) in [5.41, 5.74) is 1.23. The average molecular weight is 389 g/mol. The summed E-state index contributed by atoms with van der Waals surface area (Å²) < 4.78 is 22.2. The van der Waals surface area contributed by atoms with Gasteiger partial charge in [0, 0.05) is 24.0 Å². The molecule has 1 saturated heterocycles. The molecule has 0 aliphatic carbocycles. The van der Waals surface area contributed by atoms with Gasteiger partial charge in [-0.25, -0.2) is 4.79 Å². The smallest absolute Gasteiger partial charge is 0.375 e. The largest absolute Gasteiger partial charge is 0.494 e. The molecule has 0 N–H and O–H groups in total. The van der Waals surface area contributed by atoms with Crippen LogP contribution < -0.4 is 4.74 Å². The fourth-order valence-corrected chi connectivity index (χ4v) is 3.53. The monoisotopic (exact) mass is 389 g/mol. The minimum absolute atomic E-state index is 0.0484. The number of esters is 1. The van der Waals surface area contributed by atoms with Crippen molar-refractivity contribution in [1.82, 2.24) is 4.90 Å². The van der Waals surface area contributed by atoms with Crippen LogP contribution in [0.25, 0.3) is 11.0 Å². The Hall–Kier alpha value is -2.54. The number of carbonyl (C=O) groups is 2. The van der Waals surface area contributed by atoms with Crippen molar-refractivity contribution in [3.8, 4) is 5.75 Å². The molecule has 3 atom stereocenters. The van der Waals surface area contributed by atoms with Crippen molar-refractivity contribution in [2.45, 2.75) is 52.9 Å². The molecule has 1 fully saturated rings. The lowest BCUT2D eigenvalue weighted by molar-refractivity contribution is -0.151. The number of aryl methyl sites for hydroxylation is 1. The summed E-state index contributed by atoms with van der Waals surface area (Å²) in [5.74, 6) is -0.0745. The fraction of sp³-hybridized carbons (Fsp3) is 0.524. The van der Waals surface area contributed by atoms with Crippen LogP contribution in [0.2, 0.25) is 0 Å². The Morgan fingerprint density at radius 2 is 1.93 bits per heavy atom. The van der Waals surface area contributed by atoms with E-state index in [-0.39, 0.29) is 23.9 Å². The second-order valence-electron chi connectivity index (χ2n) is 7.20. The summed E-state index contributed by atoms with van der Waals surface area (Å²) in [6, 6.07) is 5.38. The van der Waals surface area contributed by atoms with Crippen LogP contribution in [0.1, 0.15) is 43.8 Å². The highest BCUT2D eigenvalue weighted by Gasteiger charge is 2.31. The van der Waals surface area contributed by atoms with Crippen LogP contribution >= 0.6 is 0 Å². The van der Waals surface area contributed by atoms with E-state index in [0.717, 1.165) is 5.39 Å². The summed E-state index contributed by atoms with van der Waals surface area (Å²) in [4.78, 5) is 27.0. The molecule has 2 heterocycles. The zero-order valence-corrected chi connectivity index (χ0v) is 17.0. The Kier molecular flexibility index (Phi) is 5.93. The van der Waals surface area contributed by atoms with Crippen LogP contribution in [0.5, 0.6) is 5.75 Å². The standard InChI is InChI=1S/C21H27NO6/c1-6-25-16-7-8-18-17(9-16)14(4)19(28-18)21(24)27-15(5)20(23)22-10-12(2)26-13(3)11-22/h7-9,12-13,15H,6,10-11H2,1-5H3/t12-,13-,15-/m0/s1. The summed E-state index contributed by atoms with van der Waals surface area (Å²) >= 11 is 0. The first-order valence-electron chi connectivity index (χ1n) is 9.61. The van der Waals surface area contributed by atoms with E-state index in [2.05, 4.69) is 0 Å². The molecule has 152 valence electrons. The normalized spacial score (nSPS) is 20.8. The molecule has 1 aliphatic heterocycles. The minimum Gasteiger partial charge on any atom is -0.494 e. The van der Waals surface area contributed by atoms with Gasteiger partial charge in [0.05, 0.1) is 18.8 Å². The first-order chi connectivity index (χ1) is 13.3. The molecule has 0 bridgehead atoms. The van der Waals surface area contributed by atoms with Crippen molar-refractivity contribution < 1.29 is 28.2 Å². The van der Waals surface area contributed by atoms with Gasteiger partial charge in [-0.05, 0) is 52.8 Å². The number of nitrogens with zero attached hydrogens (tertiary/aromatic N) is 1. The average Bonchev–Trinajstić information content (AvgIpc) is 2.97. The van der Waals surface area contributed by atoms with Gasteiger partial charge in [-0.3, -0.25) is 4.79 Å². The maximum atomic E-state index is 12.7. The van der Waals surface area contributed by atoms with Crippen LogP contribution in [0, 0.1) is 6.92 Å². The third kappa shape index (κ3) is 4.14. The lowest BCUT2D eigenvalue weighted by atomic mass is 10.1. The molecular weight excluding hydrogens is 362 g/mol. The van der Waals surface area contributed by atoms with Gasteiger partial charge in [0.15, 0.2) is 6.10 Å². The third-order valence-electron chi connectivity index (χ3n) is 4.77. The minimum atomic E-state index is -0.906. The first-order valence-corrected chi connectivity index (χ1v) is 9.61. The number of hydrogen-bond donors (Lipinski definition) is 0. The molecule has 7 heteroatoms. The van der Waals surface area contributed by atoms with E-state index in [9.17, 15) is 9.59 Å². The number of carbonyl (C=O) groups excluding carboxylic acids is 2. The van der Waals surface area contributed by atoms with Gasteiger partial charge < -0.3 is 23.5 Å². The van der Waals surface area contributed by atoms with Gasteiger partial charge in [-0.15, -0.1) is 0 Å². The number of rotatable bonds is 5. The van der Waals surface area contributed by atoms with Crippen LogP contribution in [0.3, 0.4) is 0 Å². The van der Waals surface area contributed by atoms with E-state index in [0.29, 0.717) is 36.6 Å². The number of amides is 1. The third-order valence-corrected chi connectivity index (χ3v) is 4.77. The van der Waals surface area contributed by atoms with Gasteiger partial charge in [-0.2, -0.15) is 0 Å². The molecule has 0 saturated carbocycles. The van der Waals surface area contributed by atoms with Gasteiger partial charge >= 0.3 is 5.97 Å². The highest BCUT2D eigenvalue weighted by Crippen LogP contribution is 2.29. The van der Waals surface area contributed by atoms with Gasteiger partial charge in [0.2, 0.25) is 5.76 Å². The van der Waals surface area contributed by atoms with Crippen LogP contribution in [-0.2, 0) is 14.3 Å². The van der Waals surface area contributed by atoms with E-state index in [4.69, 9.17) is 18.6 Å². The number of benzene rings is 1. The molecular formula is C21H27NO6. The molecule has 7 nitrogen and oxygen atoms in total. The zero-order valence-electron chi connectivity index (χ0n) is 17.0. The molecule has 28 heavy (non-hydrogen) atoms. The summed E-state index contributed by atoms with van der Waals surface area (Å²) in [6.45, 7) is 10.6. The lowest BCUT2D eigenvalue weighted by Crippen LogP contribution is -2.51. The van der Waals surface area contributed by atoms with Crippen molar-refractivity contribution in [2.75, 3.05) is 19.7 Å². The van der Waals surface area contributed by atoms with Crippen LogP contribution in [-0.4, -0.2) is 54.8 Å². The van der Waals surface area contributed by atoms with Gasteiger partial charge in [0.1, 0.15) is 11.3 Å². The molecule has 0 spiro atoms. The maximum absolute atomic E-state index is 12.7. The highest BCUT2D eigenvalue weighted by molar-refractivity contribution is 5.97. The molecule has 0 unspecified atom stereocenters. The van der Waals surface area contributed by atoms with Crippen molar-refractivity contribution in [3.05, 3.63) is 29.5 Å². The molecule has 0 radical (unpaired) electrons. The Morgan fingerprint density at radius 3 is 2.57 bits per heavy atom. The second kappa shape index (κ2) is 8.22. The Labute approximate surface area is 164 Å². The fourth-order valence-electron chi connectivity index (χ4n) is 3.53. The van der Waals surface area contributed by atoms with E-state index in [1.807, 2.05) is 26.8 Å². The van der Waals surface area contributed by atoms with Gasteiger partial charge in [-0.1, -0.05) is 0 Å². The zero-order chi connectivity index (χ0) is 20.4. The molecule has 1 aromatic carbocycles. The number of hydrogen-bond acceptors (Lipinski definition) is 6. The predicted octanol–water partition coefficient (Wildman–Crippen LogP) is 3.32. The first kappa shape index (κ1) is 20.2. The van der Waals surface area contributed by atoms with Crippen molar-refractivity contribution >= 4 is 22.8 Å². The summed E-state index contributed by atoms with van der Waals surface area (Å²) in [6.07, 6.45) is -1.00. The van der Waals surface area contributed by atoms with E-state index < -0.39 is 12.1 Å². The maximum Gasteiger partial charge on any atom is 0.375 e. The SMILES string of the molecule is CCOc1ccc2oc(C(=O)O[C@@H](C)C(=O)N3C[C@H](C)O[C@@H](C)C3)c(C)c2c1. The number of furan rings is 1. The Morgan fingerprint density at radius 1 is 1.25 bits per heavy atom. The van der Waals surface area contributed by atoms with E-state index in [1.165, 1.54) is 0 Å². The molecule has 3 rings (SSSR count). The number of morpholine rings is 1. The van der Waals surface area contributed by atoms with E-state index in [1.54, 1.807) is 30.9 Å². The van der Waals surface area contributed by atoms with Crippen molar-refractivity contribution in [3.63, 3.8) is 0 Å². The van der Waals surface area contributed by atoms with E-state index >= 15 is 0 Å². The Bertz CT molecular complexity index is 863. The molecule has 2 aromatic rings. The number of ether oxygens (including phenoxy) is 3. The van der Waals surface area contributed by atoms with Crippen LogP contribution in [0.15, 0.2) is 22.6 Å². The highest BCUT2D eigenvalue weighted by atomic mass is 16.6. The second-order valence-corrected chi connectivity index (χ2v) is 7.20.